The Bertz CT molecular complexity index is 885. The largest absolute Gasteiger partial charge is 0.386 e. The third-order valence-electron chi connectivity index (χ3n) is 3.43. The van der Waals surface area contributed by atoms with Gasteiger partial charge >= 0.3 is 0 Å². The monoisotopic (exact) mass is 293 g/mol. The Balaban J connectivity index is 2.02. The van der Waals surface area contributed by atoms with E-state index >= 15 is 0 Å². The van der Waals surface area contributed by atoms with E-state index in [0.29, 0.717) is 11.2 Å². The van der Waals surface area contributed by atoms with Crippen molar-refractivity contribution in [2.45, 2.75) is 0 Å². The van der Waals surface area contributed by atoms with Gasteiger partial charge in [0.25, 0.3) is 11.5 Å². The van der Waals surface area contributed by atoms with Crippen LogP contribution in [0.5, 0.6) is 0 Å². The van der Waals surface area contributed by atoms with Crippen LogP contribution < -0.4 is 16.2 Å². The summed E-state index contributed by atoms with van der Waals surface area (Å²) in [5.41, 5.74) is 1.82. The maximum atomic E-state index is 12.3. The van der Waals surface area contributed by atoms with Gasteiger partial charge in [-0.2, -0.15) is 0 Å². The van der Waals surface area contributed by atoms with Crippen molar-refractivity contribution in [2.75, 3.05) is 17.7 Å². The number of benzene rings is 2. The number of hydrogen-bond donors (Lipinski definition) is 3. The second kappa shape index (κ2) is 5.73. The molecule has 0 aliphatic rings. The molecule has 2 aromatic carbocycles. The molecule has 0 aliphatic heterocycles. The molecule has 0 saturated carbocycles. The smallest absolute Gasteiger partial charge is 0.261 e. The first-order chi connectivity index (χ1) is 10.7. The van der Waals surface area contributed by atoms with Crippen molar-refractivity contribution in [1.29, 1.82) is 0 Å². The minimum absolute atomic E-state index is 0.0876. The summed E-state index contributed by atoms with van der Waals surface area (Å²) < 4.78 is 0. The van der Waals surface area contributed by atoms with E-state index in [1.54, 1.807) is 25.2 Å². The number of carbonyl (C=O) groups is 1. The summed E-state index contributed by atoms with van der Waals surface area (Å²) in [6, 6.07) is 16.2. The average molecular weight is 293 g/mol. The lowest BCUT2D eigenvalue weighted by Crippen LogP contribution is -2.23. The number of nitrogens with one attached hydrogen (secondary N) is 3. The molecule has 110 valence electrons. The van der Waals surface area contributed by atoms with Crippen LogP contribution in [-0.2, 0) is 0 Å². The van der Waals surface area contributed by atoms with Gasteiger partial charge in [-0.25, -0.2) is 0 Å². The third-order valence-corrected chi connectivity index (χ3v) is 3.43. The van der Waals surface area contributed by atoms with E-state index in [1.165, 1.54) is 0 Å². The van der Waals surface area contributed by atoms with E-state index in [2.05, 4.69) is 15.6 Å². The molecule has 5 nitrogen and oxygen atoms in total. The van der Waals surface area contributed by atoms with Gasteiger partial charge in [0, 0.05) is 18.1 Å². The number of fused-ring (bicyclic) bond motifs is 1. The van der Waals surface area contributed by atoms with Crippen LogP contribution in [0.3, 0.4) is 0 Å². The first kappa shape index (κ1) is 13.9. The van der Waals surface area contributed by atoms with E-state index in [-0.39, 0.29) is 5.56 Å². The summed E-state index contributed by atoms with van der Waals surface area (Å²) in [5, 5.41) is 6.53. The zero-order valence-corrected chi connectivity index (χ0v) is 12.0. The Labute approximate surface area is 127 Å². The second-order valence-corrected chi connectivity index (χ2v) is 4.85. The molecule has 0 fully saturated rings. The highest BCUT2D eigenvalue weighted by molar-refractivity contribution is 6.06. The van der Waals surface area contributed by atoms with E-state index < -0.39 is 11.5 Å². The lowest BCUT2D eigenvalue weighted by molar-refractivity contribution is 0.102. The van der Waals surface area contributed by atoms with Gasteiger partial charge in [-0.1, -0.05) is 30.3 Å². The van der Waals surface area contributed by atoms with Gasteiger partial charge in [-0.3, -0.25) is 9.59 Å². The predicted molar refractivity (Wildman–Crippen MR) is 88.5 cm³/mol. The van der Waals surface area contributed by atoms with E-state index in [1.807, 2.05) is 36.4 Å². The van der Waals surface area contributed by atoms with Crippen molar-refractivity contribution < 1.29 is 4.79 Å². The number of rotatable bonds is 3. The Morgan fingerprint density at radius 3 is 2.55 bits per heavy atom. The summed E-state index contributed by atoms with van der Waals surface area (Å²) >= 11 is 0. The van der Waals surface area contributed by atoms with Gasteiger partial charge in [0.1, 0.15) is 5.56 Å². The molecule has 22 heavy (non-hydrogen) atoms. The fraction of sp³-hybridized carbons (Fsp3) is 0.0588. The van der Waals surface area contributed by atoms with E-state index in [4.69, 9.17) is 0 Å². The van der Waals surface area contributed by atoms with Gasteiger partial charge in [-0.05, 0) is 24.3 Å². The van der Waals surface area contributed by atoms with Crippen molar-refractivity contribution in [3.05, 3.63) is 70.5 Å². The normalized spacial score (nSPS) is 10.4. The van der Waals surface area contributed by atoms with Crippen LogP contribution in [-0.4, -0.2) is 17.9 Å². The number of H-pyrrole nitrogens is 1. The molecular formula is C17H15N3O2. The molecule has 0 aliphatic carbocycles. The molecule has 1 heterocycles. The number of carbonyl (C=O) groups excluding carboxylic acids is 1. The molecule has 0 spiro atoms. The molecule has 1 aromatic heterocycles. The highest BCUT2D eigenvalue weighted by atomic mass is 16.2. The fourth-order valence-corrected chi connectivity index (χ4v) is 2.33. The topological polar surface area (TPSA) is 74.0 Å². The molecule has 1 amide bonds. The summed E-state index contributed by atoms with van der Waals surface area (Å²) in [6.45, 7) is 0. The second-order valence-electron chi connectivity index (χ2n) is 4.85. The lowest BCUT2D eigenvalue weighted by atomic mass is 10.1. The van der Waals surface area contributed by atoms with Crippen molar-refractivity contribution in [3.8, 4) is 0 Å². The first-order valence-electron chi connectivity index (χ1n) is 6.89. The van der Waals surface area contributed by atoms with Crippen LogP contribution in [0.25, 0.3) is 10.9 Å². The molecule has 3 aromatic rings. The van der Waals surface area contributed by atoms with Crippen molar-refractivity contribution in [1.82, 2.24) is 4.98 Å². The van der Waals surface area contributed by atoms with Crippen molar-refractivity contribution >= 4 is 28.2 Å². The number of aromatic nitrogens is 1. The predicted octanol–water partition coefficient (Wildman–Crippen LogP) is 2.82. The van der Waals surface area contributed by atoms with Crippen LogP contribution in [0, 0.1) is 0 Å². The summed E-state index contributed by atoms with van der Waals surface area (Å²) in [6.07, 6.45) is 0. The Kier molecular flexibility index (Phi) is 3.62. The average Bonchev–Trinajstić information content (AvgIpc) is 2.54. The highest BCUT2D eigenvalue weighted by Crippen LogP contribution is 2.20. The number of para-hydroxylation sites is 2. The summed E-state index contributed by atoms with van der Waals surface area (Å²) in [4.78, 5) is 27.2. The zero-order valence-electron chi connectivity index (χ0n) is 12.0. The standard InChI is InChI=1S/C17H15N3O2/c1-18-14-9-5-6-11-10-13(17(22)20-15(11)14)16(21)19-12-7-3-2-4-8-12/h2-10,18H,1H3,(H,19,21)(H,20,22). The van der Waals surface area contributed by atoms with E-state index in [0.717, 1.165) is 11.1 Å². The van der Waals surface area contributed by atoms with Gasteiger partial charge in [-0.15, -0.1) is 0 Å². The number of aromatic amines is 1. The minimum Gasteiger partial charge on any atom is -0.386 e. The van der Waals surface area contributed by atoms with E-state index in [9.17, 15) is 9.59 Å². The molecule has 3 N–H and O–H groups in total. The molecule has 0 unspecified atom stereocenters. The van der Waals surface area contributed by atoms with Gasteiger partial charge in [0.2, 0.25) is 0 Å². The Morgan fingerprint density at radius 1 is 1.05 bits per heavy atom. The molecule has 0 atom stereocenters. The number of anilines is 2. The van der Waals surface area contributed by atoms with Crippen LogP contribution in [0.15, 0.2) is 59.4 Å². The molecule has 0 bridgehead atoms. The first-order valence-corrected chi connectivity index (χ1v) is 6.89. The molecule has 0 saturated heterocycles. The minimum atomic E-state index is -0.427. The third kappa shape index (κ3) is 2.56. The van der Waals surface area contributed by atoms with Crippen LogP contribution in [0.1, 0.15) is 10.4 Å². The van der Waals surface area contributed by atoms with Crippen molar-refractivity contribution in [2.24, 2.45) is 0 Å². The molecule has 3 rings (SSSR count). The maximum absolute atomic E-state index is 12.3. The molecule has 5 heteroatoms. The van der Waals surface area contributed by atoms with Gasteiger partial charge in [0.15, 0.2) is 0 Å². The summed E-state index contributed by atoms with van der Waals surface area (Å²) in [7, 11) is 1.78. The number of amides is 1. The van der Waals surface area contributed by atoms with Gasteiger partial charge < -0.3 is 15.6 Å². The van der Waals surface area contributed by atoms with Crippen LogP contribution >= 0.6 is 0 Å². The quantitative estimate of drug-likeness (QED) is 0.695. The van der Waals surface area contributed by atoms with Crippen LogP contribution in [0.4, 0.5) is 11.4 Å². The van der Waals surface area contributed by atoms with Gasteiger partial charge in [0.05, 0.1) is 11.2 Å². The Morgan fingerprint density at radius 2 is 1.82 bits per heavy atom. The number of pyridine rings is 1. The fourth-order valence-electron chi connectivity index (χ4n) is 2.33. The number of hydrogen-bond acceptors (Lipinski definition) is 3. The maximum Gasteiger partial charge on any atom is 0.261 e. The Hall–Kier alpha value is -3.08. The highest BCUT2D eigenvalue weighted by Gasteiger charge is 2.13. The van der Waals surface area contributed by atoms with Crippen LogP contribution in [0.2, 0.25) is 0 Å². The lowest BCUT2D eigenvalue weighted by Gasteiger charge is -2.08. The molecular weight excluding hydrogens is 278 g/mol. The van der Waals surface area contributed by atoms with Crippen molar-refractivity contribution in [3.63, 3.8) is 0 Å². The summed E-state index contributed by atoms with van der Waals surface area (Å²) in [5.74, 6) is -0.427. The molecule has 0 radical (unpaired) electrons. The zero-order chi connectivity index (χ0) is 15.5. The SMILES string of the molecule is CNc1cccc2cc(C(=O)Nc3ccccc3)c(=O)[nH]c12.